The molecule has 0 spiro atoms. The smallest absolute Gasteiger partial charge is 0.107 e. The number of hydrogen-bond donors (Lipinski definition) is 0. The van der Waals surface area contributed by atoms with Crippen LogP contribution in [0.25, 0.3) is 11.3 Å². The lowest BCUT2D eigenvalue weighted by molar-refractivity contribution is 1.17. The maximum Gasteiger partial charge on any atom is 0.107 e. The molecule has 1 aromatic carbocycles. The first-order valence-electron chi connectivity index (χ1n) is 5.75. The van der Waals surface area contributed by atoms with Crippen molar-refractivity contribution in [1.82, 2.24) is 4.98 Å². The Kier molecular flexibility index (Phi) is 3.09. The van der Waals surface area contributed by atoms with Crippen molar-refractivity contribution in [3.05, 3.63) is 53.2 Å². The first kappa shape index (κ1) is 10.9. The SMILES string of the molecule is BCc1ccccc1-c1nc(C)ccc1C. The van der Waals surface area contributed by atoms with Gasteiger partial charge in [-0.3, -0.25) is 4.98 Å². The molecule has 0 saturated heterocycles. The third kappa shape index (κ3) is 2.01. The maximum absolute atomic E-state index is 4.65. The van der Waals surface area contributed by atoms with Crippen LogP contribution in [0.15, 0.2) is 36.4 Å². The summed E-state index contributed by atoms with van der Waals surface area (Å²) in [5, 5.41) is 0. The largest absolute Gasteiger partial charge is 0.253 e. The normalized spacial score (nSPS) is 10.4. The van der Waals surface area contributed by atoms with Crippen LogP contribution in [-0.2, 0) is 6.32 Å². The number of benzene rings is 1. The minimum atomic E-state index is 1.05. The molecule has 0 atom stereocenters. The predicted molar refractivity (Wildman–Crippen MR) is 71.4 cm³/mol. The van der Waals surface area contributed by atoms with Crippen LogP contribution in [-0.4, -0.2) is 12.8 Å². The van der Waals surface area contributed by atoms with Crippen LogP contribution in [0.5, 0.6) is 0 Å². The summed E-state index contributed by atoms with van der Waals surface area (Å²) in [4.78, 5) is 4.65. The van der Waals surface area contributed by atoms with Gasteiger partial charge >= 0.3 is 0 Å². The molecular weight excluding hydrogens is 193 g/mol. The molecule has 2 aromatic rings. The third-order valence-corrected chi connectivity index (χ3v) is 2.89. The minimum absolute atomic E-state index is 1.05. The Morgan fingerprint density at radius 1 is 1.06 bits per heavy atom. The second-order valence-corrected chi connectivity index (χ2v) is 4.13. The van der Waals surface area contributed by atoms with Crippen molar-refractivity contribution in [2.45, 2.75) is 20.2 Å². The molecule has 2 rings (SSSR count). The van der Waals surface area contributed by atoms with E-state index in [0.717, 1.165) is 17.7 Å². The molecule has 0 N–H and O–H groups in total. The first-order chi connectivity index (χ1) is 7.72. The van der Waals surface area contributed by atoms with Gasteiger partial charge in [0.25, 0.3) is 0 Å². The van der Waals surface area contributed by atoms with Gasteiger partial charge < -0.3 is 0 Å². The van der Waals surface area contributed by atoms with E-state index in [9.17, 15) is 0 Å². The van der Waals surface area contributed by atoms with Gasteiger partial charge in [0.15, 0.2) is 0 Å². The van der Waals surface area contributed by atoms with E-state index in [1.807, 2.05) is 6.92 Å². The molecule has 0 bridgehead atoms. The van der Waals surface area contributed by atoms with Gasteiger partial charge in [0, 0.05) is 11.3 Å². The van der Waals surface area contributed by atoms with E-state index in [0.29, 0.717) is 0 Å². The second kappa shape index (κ2) is 4.52. The van der Waals surface area contributed by atoms with Crippen LogP contribution in [0.2, 0.25) is 0 Å². The molecular formula is C14H16BN. The number of hydrogen-bond acceptors (Lipinski definition) is 1. The summed E-state index contributed by atoms with van der Waals surface area (Å²) in [7, 11) is 2.18. The summed E-state index contributed by atoms with van der Waals surface area (Å²) in [6.07, 6.45) is 1.05. The Balaban J connectivity index is 2.62. The van der Waals surface area contributed by atoms with Gasteiger partial charge in [-0.1, -0.05) is 36.7 Å². The lowest BCUT2D eigenvalue weighted by Gasteiger charge is -2.10. The van der Waals surface area contributed by atoms with Gasteiger partial charge in [-0.25, -0.2) is 0 Å². The molecule has 1 aromatic heterocycles. The molecule has 0 aliphatic carbocycles. The van der Waals surface area contributed by atoms with E-state index < -0.39 is 0 Å². The van der Waals surface area contributed by atoms with Gasteiger partial charge in [-0.15, -0.1) is 0 Å². The molecule has 0 unspecified atom stereocenters. The standard InChI is InChI=1S/C14H16BN/c1-10-7-8-11(2)16-14(10)13-6-4-3-5-12(13)9-15/h3-8H,9,15H2,1-2H3. The van der Waals surface area contributed by atoms with Crippen LogP contribution in [0.1, 0.15) is 16.8 Å². The van der Waals surface area contributed by atoms with E-state index in [1.165, 1.54) is 16.7 Å². The van der Waals surface area contributed by atoms with Crippen molar-refractivity contribution in [1.29, 1.82) is 0 Å². The van der Waals surface area contributed by atoms with Gasteiger partial charge in [0.1, 0.15) is 7.85 Å². The molecule has 0 fully saturated rings. The number of pyridine rings is 1. The Morgan fingerprint density at radius 3 is 2.56 bits per heavy atom. The van der Waals surface area contributed by atoms with Crippen molar-refractivity contribution in [3.8, 4) is 11.3 Å². The van der Waals surface area contributed by atoms with E-state index in [-0.39, 0.29) is 0 Å². The number of rotatable bonds is 2. The van der Waals surface area contributed by atoms with Crippen molar-refractivity contribution >= 4 is 7.85 Å². The molecule has 80 valence electrons. The van der Waals surface area contributed by atoms with E-state index in [2.05, 4.69) is 56.2 Å². The molecule has 0 saturated carbocycles. The summed E-state index contributed by atoms with van der Waals surface area (Å²) >= 11 is 0. The lowest BCUT2D eigenvalue weighted by atomic mass is 9.90. The third-order valence-electron chi connectivity index (χ3n) is 2.89. The first-order valence-corrected chi connectivity index (χ1v) is 5.75. The van der Waals surface area contributed by atoms with E-state index >= 15 is 0 Å². The fraction of sp³-hybridized carbons (Fsp3) is 0.214. The molecule has 0 amide bonds. The Hall–Kier alpha value is -1.57. The van der Waals surface area contributed by atoms with Gasteiger partial charge in [-0.2, -0.15) is 0 Å². The molecule has 1 nitrogen and oxygen atoms in total. The van der Waals surface area contributed by atoms with Crippen molar-refractivity contribution in [3.63, 3.8) is 0 Å². The fourth-order valence-electron chi connectivity index (χ4n) is 1.96. The van der Waals surface area contributed by atoms with Gasteiger partial charge in [0.2, 0.25) is 0 Å². The molecule has 0 aliphatic heterocycles. The lowest BCUT2D eigenvalue weighted by Crippen LogP contribution is -1.95. The van der Waals surface area contributed by atoms with Crippen molar-refractivity contribution < 1.29 is 0 Å². The van der Waals surface area contributed by atoms with Gasteiger partial charge in [-0.05, 0) is 31.0 Å². The average Bonchev–Trinajstić information content (AvgIpc) is 2.32. The summed E-state index contributed by atoms with van der Waals surface area (Å²) in [6.45, 7) is 4.16. The topological polar surface area (TPSA) is 12.9 Å². The Morgan fingerprint density at radius 2 is 1.81 bits per heavy atom. The van der Waals surface area contributed by atoms with Crippen LogP contribution in [0.3, 0.4) is 0 Å². The minimum Gasteiger partial charge on any atom is -0.253 e. The number of aryl methyl sites for hydroxylation is 2. The average molecular weight is 209 g/mol. The maximum atomic E-state index is 4.65. The predicted octanol–water partition coefficient (Wildman–Crippen LogP) is 2.50. The zero-order valence-corrected chi connectivity index (χ0v) is 10.1. The van der Waals surface area contributed by atoms with Crippen LogP contribution < -0.4 is 0 Å². The van der Waals surface area contributed by atoms with Crippen molar-refractivity contribution in [2.75, 3.05) is 0 Å². The second-order valence-electron chi connectivity index (χ2n) is 4.13. The highest BCUT2D eigenvalue weighted by atomic mass is 14.7. The highest BCUT2D eigenvalue weighted by Gasteiger charge is 2.07. The van der Waals surface area contributed by atoms with Crippen LogP contribution in [0, 0.1) is 13.8 Å². The van der Waals surface area contributed by atoms with Crippen LogP contribution in [0.4, 0.5) is 0 Å². The molecule has 2 heteroatoms. The van der Waals surface area contributed by atoms with Gasteiger partial charge in [0.05, 0.1) is 5.69 Å². The highest BCUT2D eigenvalue weighted by Crippen LogP contribution is 2.25. The Bertz CT molecular complexity index is 506. The molecule has 16 heavy (non-hydrogen) atoms. The van der Waals surface area contributed by atoms with Crippen molar-refractivity contribution in [2.24, 2.45) is 0 Å². The number of nitrogens with zero attached hydrogens (tertiary/aromatic N) is 1. The highest BCUT2D eigenvalue weighted by molar-refractivity contribution is 6.09. The Labute approximate surface area is 98.0 Å². The van der Waals surface area contributed by atoms with E-state index in [4.69, 9.17) is 0 Å². The summed E-state index contributed by atoms with van der Waals surface area (Å²) < 4.78 is 0. The summed E-state index contributed by atoms with van der Waals surface area (Å²) in [5.41, 5.74) is 6.07. The van der Waals surface area contributed by atoms with E-state index in [1.54, 1.807) is 0 Å². The number of aromatic nitrogens is 1. The molecule has 0 radical (unpaired) electrons. The fourth-order valence-corrected chi connectivity index (χ4v) is 1.96. The molecule has 0 aliphatic rings. The molecule has 1 heterocycles. The monoisotopic (exact) mass is 209 g/mol. The summed E-state index contributed by atoms with van der Waals surface area (Å²) in [6, 6.07) is 12.7. The quantitative estimate of drug-likeness (QED) is 0.692. The zero-order valence-electron chi connectivity index (χ0n) is 10.1. The summed E-state index contributed by atoms with van der Waals surface area (Å²) in [5.74, 6) is 0. The van der Waals surface area contributed by atoms with Crippen LogP contribution >= 0.6 is 0 Å². The zero-order chi connectivity index (χ0) is 11.5.